The molecule has 0 aliphatic carbocycles. The highest BCUT2D eigenvalue weighted by atomic mass is 19.4. The van der Waals surface area contributed by atoms with Gasteiger partial charge in [-0.25, -0.2) is 15.0 Å². The maximum absolute atomic E-state index is 14.4. The van der Waals surface area contributed by atoms with Gasteiger partial charge in [0.05, 0.1) is 11.7 Å². The molecule has 0 spiro atoms. The monoisotopic (exact) mass is 523 g/mol. The van der Waals surface area contributed by atoms with E-state index in [1.165, 1.54) is 12.7 Å². The van der Waals surface area contributed by atoms with Crippen LogP contribution < -0.4 is 4.90 Å². The number of aromatic nitrogens is 4. The molecule has 0 amide bonds. The normalized spacial score (nSPS) is 16.5. The number of halogens is 3. The summed E-state index contributed by atoms with van der Waals surface area (Å²) >= 11 is 0. The van der Waals surface area contributed by atoms with E-state index in [2.05, 4.69) is 24.8 Å². The molecule has 1 saturated heterocycles. The van der Waals surface area contributed by atoms with E-state index in [0.29, 0.717) is 16.8 Å². The van der Waals surface area contributed by atoms with Gasteiger partial charge in [-0.2, -0.15) is 13.2 Å². The van der Waals surface area contributed by atoms with E-state index in [9.17, 15) is 18.3 Å². The zero-order valence-corrected chi connectivity index (χ0v) is 21.6. The third-order valence-corrected chi connectivity index (χ3v) is 7.51. The fraction of sp³-hybridized carbons (Fsp3) is 0.414. The molecule has 0 saturated carbocycles. The van der Waals surface area contributed by atoms with Crippen molar-refractivity contribution in [3.05, 3.63) is 72.6 Å². The Balaban J connectivity index is 1.41. The lowest BCUT2D eigenvalue weighted by Crippen LogP contribution is -2.50. The Hall–Kier alpha value is -3.46. The number of anilines is 1. The van der Waals surface area contributed by atoms with E-state index in [0.717, 1.165) is 48.3 Å². The highest BCUT2D eigenvalue weighted by Crippen LogP contribution is 2.43. The van der Waals surface area contributed by atoms with E-state index in [1.807, 2.05) is 18.2 Å². The zero-order chi connectivity index (χ0) is 27.0. The molecule has 200 valence electrons. The summed E-state index contributed by atoms with van der Waals surface area (Å²) < 4.78 is 43.3. The molecular formula is C29H32F3N5O. The smallest absolute Gasteiger partial charge is 0.380 e. The first kappa shape index (κ1) is 26.2. The lowest BCUT2D eigenvalue weighted by atomic mass is 9.73. The zero-order valence-electron chi connectivity index (χ0n) is 21.6. The number of fused-ring (bicyclic) bond motifs is 1. The molecule has 6 nitrogen and oxygen atoms in total. The minimum Gasteiger partial charge on any atom is -0.380 e. The minimum absolute atomic E-state index is 0.323. The third kappa shape index (κ3) is 5.38. The van der Waals surface area contributed by atoms with Crippen molar-refractivity contribution in [2.75, 3.05) is 18.0 Å². The van der Waals surface area contributed by atoms with Gasteiger partial charge in [0.25, 0.3) is 0 Å². The van der Waals surface area contributed by atoms with Crippen LogP contribution in [-0.4, -0.2) is 49.9 Å². The third-order valence-electron chi connectivity index (χ3n) is 7.51. The van der Waals surface area contributed by atoms with Crippen molar-refractivity contribution in [1.29, 1.82) is 0 Å². The van der Waals surface area contributed by atoms with Gasteiger partial charge >= 0.3 is 6.18 Å². The number of H-pyrrole nitrogens is 1. The van der Waals surface area contributed by atoms with Crippen LogP contribution in [0.5, 0.6) is 0 Å². The van der Waals surface area contributed by atoms with Gasteiger partial charge in [-0.05, 0) is 54.4 Å². The lowest BCUT2D eigenvalue weighted by Gasteiger charge is -2.38. The van der Waals surface area contributed by atoms with Crippen molar-refractivity contribution < 1.29 is 18.3 Å². The first-order valence-corrected chi connectivity index (χ1v) is 12.9. The number of aliphatic hydroxyl groups is 1. The summed E-state index contributed by atoms with van der Waals surface area (Å²) in [7, 11) is 0. The SMILES string of the molecule is CC(C)(CC(O)(Cc1cc2cc(N3CCCCC3)ncc2[nH]1)C(F)(F)F)c1cccc(-c2cncnc2)c1. The molecule has 1 fully saturated rings. The topological polar surface area (TPSA) is 77.9 Å². The van der Waals surface area contributed by atoms with Crippen LogP contribution in [0.15, 0.2) is 61.3 Å². The number of nitrogens with zero attached hydrogens (tertiary/aromatic N) is 4. The Labute approximate surface area is 220 Å². The molecule has 1 unspecified atom stereocenters. The largest absolute Gasteiger partial charge is 0.417 e. The standard InChI is InChI=1S/C29H32F3N5O/c1-27(2,23-8-6-7-20(11-23)22-15-33-19-34-16-22)18-28(38,29(30,31)32)14-24-12-21-13-26(35-17-25(21)36-24)37-9-4-3-5-10-37/h6-8,11-13,15-17,19,36,38H,3-5,9-10,14,18H2,1-2H3. The van der Waals surface area contributed by atoms with Crippen molar-refractivity contribution in [3.63, 3.8) is 0 Å². The lowest BCUT2D eigenvalue weighted by molar-refractivity contribution is -0.266. The average Bonchev–Trinajstić information content (AvgIpc) is 3.30. The van der Waals surface area contributed by atoms with E-state index < -0.39 is 30.0 Å². The van der Waals surface area contributed by atoms with Crippen molar-refractivity contribution in [1.82, 2.24) is 19.9 Å². The molecule has 4 heterocycles. The van der Waals surface area contributed by atoms with Crippen molar-refractivity contribution in [2.45, 2.75) is 63.1 Å². The summed E-state index contributed by atoms with van der Waals surface area (Å²) in [5.74, 6) is 0.832. The summed E-state index contributed by atoms with van der Waals surface area (Å²) in [5, 5.41) is 12.0. The van der Waals surface area contributed by atoms with Crippen LogP contribution in [0, 0.1) is 0 Å². The molecule has 5 rings (SSSR count). The first-order chi connectivity index (χ1) is 18.0. The number of benzene rings is 1. The maximum atomic E-state index is 14.4. The summed E-state index contributed by atoms with van der Waals surface area (Å²) in [5.41, 5.74) is -0.678. The number of piperidine rings is 1. The molecule has 38 heavy (non-hydrogen) atoms. The van der Waals surface area contributed by atoms with E-state index in [1.54, 1.807) is 50.6 Å². The number of nitrogens with one attached hydrogen (secondary N) is 1. The van der Waals surface area contributed by atoms with Gasteiger partial charge in [-0.1, -0.05) is 38.1 Å². The Kier molecular flexibility index (Phi) is 6.90. The summed E-state index contributed by atoms with van der Waals surface area (Å²) in [6, 6.07) is 10.9. The highest BCUT2D eigenvalue weighted by molar-refractivity contribution is 5.82. The van der Waals surface area contributed by atoms with E-state index in [4.69, 9.17) is 0 Å². The summed E-state index contributed by atoms with van der Waals surface area (Å²) in [6.45, 7) is 5.31. The van der Waals surface area contributed by atoms with E-state index in [-0.39, 0.29) is 0 Å². The molecule has 2 N–H and O–H groups in total. The highest BCUT2D eigenvalue weighted by Gasteiger charge is 2.56. The molecule has 3 aromatic heterocycles. The summed E-state index contributed by atoms with van der Waals surface area (Å²) in [6.07, 6.45) is 3.90. The van der Waals surface area contributed by atoms with Crippen molar-refractivity contribution >= 4 is 16.7 Å². The number of rotatable bonds is 7. The number of alkyl halides is 3. The Bertz CT molecular complexity index is 1400. The van der Waals surface area contributed by atoms with Gasteiger partial charge in [-0.15, -0.1) is 0 Å². The van der Waals surface area contributed by atoms with Crippen LogP contribution in [0.2, 0.25) is 0 Å². The fourth-order valence-electron chi connectivity index (χ4n) is 5.45. The van der Waals surface area contributed by atoms with Gasteiger partial charge in [0, 0.05) is 48.5 Å². The van der Waals surface area contributed by atoms with Crippen LogP contribution >= 0.6 is 0 Å². The molecule has 1 aliphatic rings. The predicted octanol–water partition coefficient (Wildman–Crippen LogP) is 6.21. The second-order valence-electron chi connectivity index (χ2n) is 10.9. The van der Waals surface area contributed by atoms with Crippen LogP contribution in [0.3, 0.4) is 0 Å². The number of hydrogen-bond acceptors (Lipinski definition) is 5. The van der Waals surface area contributed by atoms with Gasteiger partial charge in [-0.3, -0.25) is 0 Å². The molecule has 0 bridgehead atoms. The quantitative estimate of drug-likeness (QED) is 0.301. The molecule has 4 aromatic rings. The van der Waals surface area contributed by atoms with Crippen LogP contribution in [0.1, 0.15) is 50.8 Å². The average molecular weight is 524 g/mol. The van der Waals surface area contributed by atoms with Crippen molar-refractivity contribution in [2.24, 2.45) is 0 Å². The Morgan fingerprint density at radius 1 is 0.947 bits per heavy atom. The van der Waals surface area contributed by atoms with Crippen LogP contribution in [0.4, 0.5) is 19.0 Å². The Morgan fingerprint density at radius 2 is 1.68 bits per heavy atom. The first-order valence-electron chi connectivity index (χ1n) is 12.9. The molecular weight excluding hydrogens is 491 g/mol. The number of aromatic amines is 1. The summed E-state index contributed by atoms with van der Waals surface area (Å²) in [4.78, 5) is 17.8. The fourth-order valence-corrected chi connectivity index (χ4v) is 5.45. The Morgan fingerprint density at radius 3 is 2.39 bits per heavy atom. The van der Waals surface area contributed by atoms with Gasteiger partial charge in [0.15, 0.2) is 5.60 Å². The van der Waals surface area contributed by atoms with Gasteiger partial charge < -0.3 is 15.0 Å². The molecule has 0 radical (unpaired) electrons. The van der Waals surface area contributed by atoms with Crippen LogP contribution in [0.25, 0.3) is 22.0 Å². The second-order valence-corrected chi connectivity index (χ2v) is 10.9. The van der Waals surface area contributed by atoms with Gasteiger partial charge in [0.2, 0.25) is 0 Å². The number of pyridine rings is 1. The molecule has 1 aromatic carbocycles. The molecule has 1 aliphatic heterocycles. The molecule has 9 heteroatoms. The van der Waals surface area contributed by atoms with Gasteiger partial charge in [0.1, 0.15) is 12.1 Å². The second kappa shape index (κ2) is 10.0. The van der Waals surface area contributed by atoms with Crippen LogP contribution in [-0.2, 0) is 11.8 Å². The predicted molar refractivity (Wildman–Crippen MR) is 142 cm³/mol. The molecule has 1 atom stereocenters. The van der Waals surface area contributed by atoms with E-state index >= 15 is 0 Å². The number of hydrogen-bond donors (Lipinski definition) is 2. The maximum Gasteiger partial charge on any atom is 0.417 e. The van der Waals surface area contributed by atoms with Crippen molar-refractivity contribution in [3.8, 4) is 11.1 Å². The minimum atomic E-state index is -4.83.